The maximum absolute atomic E-state index is 12.0. The number of fused-ring (bicyclic) bond motifs is 1. The summed E-state index contributed by atoms with van der Waals surface area (Å²) in [6.07, 6.45) is 6.31. The van der Waals surface area contributed by atoms with Crippen LogP contribution >= 0.6 is 0 Å². The molecule has 0 radical (unpaired) electrons. The summed E-state index contributed by atoms with van der Waals surface area (Å²) in [4.78, 5) is 12.0. The van der Waals surface area contributed by atoms with Crippen molar-refractivity contribution in [1.29, 1.82) is 0 Å². The van der Waals surface area contributed by atoms with Crippen LogP contribution in [0.1, 0.15) is 44.1 Å². The summed E-state index contributed by atoms with van der Waals surface area (Å²) >= 11 is 0. The highest BCUT2D eigenvalue weighted by Crippen LogP contribution is 2.65. The van der Waals surface area contributed by atoms with Crippen molar-refractivity contribution in [1.82, 2.24) is 0 Å². The summed E-state index contributed by atoms with van der Waals surface area (Å²) in [6, 6.07) is 15.3. The van der Waals surface area contributed by atoms with E-state index in [-0.39, 0.29) is 5.41 Å². The molecule has 118 valence electrons. The van der Waals surface area contributed by atoms with Crippen LogP contribution < -0.4 is 0 Å². The van der Waals surface area contributed by atoms with Gasteiger partial charge in [-0.1, -0.05) is 42.5 Å². The number of carbonyl (C=O) groups is 1. The van der Waals surface area contributed by atoms with Crippen LogP contribution in [-0.4, -0.2) is 11.1 Å². The Morgan fingerprint density at radius 1 is 0.957 bits per heavy atom. The van der Waals surface area contributed by atoms with Crippen molar-refractivity contribution in [2.75, 3.05) is 0 Å². The van der Waals surface area contributed by atoms with Crippen molar-refractivity contribution in [2.45, 2.75) is 43.9 Å². The molecule has 0 amide bonds. The van der Waals surface area contributed by atoms with Crippen LogP contribution in [0.2, 0.25) is 0 Å². The Morgan fingerprint density at radius 3 is 2.35 bits per heavy atom. The molecule has 4 aliphatic carbocycles. The van der Waals surface area contributed by atoms with E-state index in [0.717, 1.165) is 19.3 Å². The summed E-state index contributed by atoms with van der Waals surface area (Å²) in [5, 5.41) is 12.5. The Hall–Kier alpha value is -1.83. The van der Waals surface area contributed by atoms with Crippen LogP contribution in [0.5, 0.6) is 0 Å². The highest BCUT2D eigenvalue weighted by molar-refractivity contribution is 5.83. The molecule has 0 heterocycles. The van der Waals surface area contributed by atoms with Crippen LogP contribution in [0, 0.1) is 17.3 Å². The summed E-state index contributed by atoms with van der Waals surface area (Å²) in [6.45, 7) is 0. The average molecular weight is 306 g/mol. The van der Waals surface area contributed by atoms with E-state index in [0.29, 0.717) is 11.8 Å². The van der Waals surface area contributed by atoms with Gasteiger partial charge in [-0.3, -0.25) is 4.79 Å². The average Bonchev–Trinajstić information content (AvgIpc) is 2.53. The molecule has 2 heteroatoms. The third-order valence-electron chi connectivity index (χ3n) is 6.88. The number of hydrogen-bond acceptors (Lipinski definition) is 1. The van der Waals surface area contributed by atoms with Crippen LogP contribution in [0.4, 0.5) is 0 Å². The summed E-state index contributed by atoms with van der Waals surface area (Å²) in [7, 11) is 0. The van der Waals surface area contributed by atoms with E-state index >= 15 is 0 Å². The molecule has 2 nitrogen and oxygen atoms in total. The van der Waals surface area contributed by atoms with E-state index in [9.17, 15) is 9.90 Å². The summed E-state index contributed by atoms with van der Waals surface area (Å²) < 4.78 is 0. The van der Waals surface area contributed by atoms with Crippen molar-refractivity contribution in [3.05, 3.63) is 48.0 Å². The second kappa shape index (κ2) is 4.37. The number of rotatable bonds is 2. The molecule has 4 aliphatic rings. The Kier molecular flexibility index (Phi) is 2.58. The first-order valence-electron chi connectivity index (χ1n) is 8.81. The van der Waals surface area contributed by atoms with Gasteiger partial charge in [-0.05, 0) is 72.1 Å². The minimum Gasteiger partial charge on any atom is -0.481 e. The molecular weight excluding hydrogens is 284 g/mol. The van der Waals surface area contributed by atoms with Crippen molar-refractivity contribution in [3.63, 3.8) is 0 Å². The van der Waals surface area contributed by atoms with Crippen LogP contribution in [0.15, 0.2) is 42.5 Å². The van der Waals surface area contributed by atoms with Gasteiger partial charge in [-0.15, -0.1) is 0 Å². The Bertz CT molecular complexity index is 792. The van der Waals surface area contributed by atoms with Crippen molar-refractivity contribution >= 4 is 16.7 Å². The number of carboxylic acid groups (broad SMARTS) is 1. The predicted molar refractivity (Wildman–Crippen MR) is 90.4 cm³/mol. The van der Waals surface area contributed by atoms with E-state index in [2.05, 4.69) is 42.5 Å². The molecule has 0 saturated heterocycles. The smallest absolute Gasteiger partial charge is 0.309 e. The molecule has 0 aromatic heterocycles. The molecule has 2 unspecified atom stereocenters. The topological polar surface area (TPSA) is 37.3 Å². The molecule has 4 saturated carbocycles. The quantitative estimate of drug-likeness (QED) is 0.868. The molecule has 4 fully saturated rings. The molecule has 2 aromatic rings. The third-order valence-corrected chi connectivity index (χ3v) is 6.88. The van der Waals surface area contributed by atoms with E-state index in [4.69, 9.17) is 0 Å². The van der Waals surface area contributed by atoms with Gasteiger partial charge in [-0.2, -0.15) is 0 Å². The minimum atomic E-state index is -0.545. The fourth-order valence-corrected chi connectivity index (χ4v) is 6.37. The largest absolute Gasteiger partial charge is 0.481 e. The second-order valence-electron chi connectivity index (χ2n) is 8.39. The predicted octanol–water partition coefficient (Wildman–Crippen LogP) is 4.76. The molecule has 2 atom stereocenters. The first-order chi connectivity index (χ1) is 11.1. The molecule has 1 N–H and O–H groups in total. The number of aliphatic carboxylic acids is 1. The van der Waals surface area contributed by atoms with E-state index in [1.54, 1.807) is 0 Å². The highest BCUT2D eigenvalue weighted by Gasteiger charge is 2.61. The van der Waals surface area contributed by atoms with Gasteiger partial charge in [0.15, 0.2) is 0 Å². The van der Waals surface area contributed by atoms with E-state index in [1.165, 1.54) is 35.6 Å². The normalized spacial score (nSPS) is 38.1. The lowest BCUT2D eigenvalue weighted by atomic mass is 9.43. The molecule has 23 heavy (non-hydrogen) atoms. The van der Waals surface area contributed by atoms with Gasteiger partial charge in [0.25, 0.3) is 0 Å². The number of hydrogen-bond donors (Lipinski definition) is 1. The van der Waals surface area contributed by atoms with Crippen molar-refractivity contribution in [2.24, 2.45) is 17.3 Å². The fraction of sp³-hybridized carbons (Fsp3) is 0.476. The lowest BCUT2D eigenvalue weighted by molar-refractivity contribution is -0.167. The zero-order valence-corrected chi connectivity index (χ0v) is 13.3. The van der Waals surface area contributed by atoms with Gasteiger partial charge in [-0.25, -0.2) is 0 Å². The lowest BCUT2D eigenvalue weighted by Crippen LogP contribution is -2.56. The molecule has 2 aromatic carbocycles. The van der Waals surface area contributed by atoms with Crippen LogP contribution in [-0.2, 0) is 10.2 Å². The van der Waals surface area contributed by atoms with Gasteiger partial charge in [0.05, 0.1) is 5.41 Å². The van der Waals surface area contributed by atoms with Gasteiger partial charge >= 0.3 is 5.97 Å². The van der Waals surface area contributed by atoms with Crippen LogP contribution in [0.25, 0.3) is 10.8 Å². The fourth-order valence-electron chi connectivity index (χ4n) is 6.37. The standard InChI is InChI=1S/C21H22O2/c22-19(23)21-11-14-7-15(12-21)10-20(9-14,13-21)18-6-5-16-3-1-2-4-17(16)8-18/h1-6,8,14-15H,7,9-13H2,(H,22,23). The maximum atomic E-state index is 12.0. The third kappa shape index (κ3) is 1.84. The second-order valence-corrected chi connectivity index (χ2v) is 8.39. The summed E-state index contributed by atoms with van der Waals surface area (Å²) in [5.41, 5.74) is 1.04. The van der Waals surface area contributed by atoms with Gasteiger partial charge in [0, 0.05) is 0 Å². The maximum Gasteiger partial charge on any atom is 0.309 e. The molecule has 0 spiro atoms. The minimum absolute atomic E-state index is 0.104. The first-order valence-corrected chi connectivity index (χ1v) is 8.81. The Morgan fingerprint density at radius 2 is 1.65 bits per heavy atom. The highest BCUT2D eigenvalue weighted by atomic mass is 16.4. The lowest BCUT2D eigenvalue weighted by Gasteiger charge is -2.60. The van der Waals surface area contributed by atoms with E-state index < -0.39 is 11.4 Å². The monoisotopic (exact) mass is 306 g/mol. The molecular formula is C21H22O2. The van der Waals surface area contributed by atoms with E-state index in [1.807, 2.05) is 0 Å². The zero-order valence-electron chi connectivity index (χ0n) is 13.3. The van der Waals surface area contributed by atoms with Crippen molar-refractivity contribution < 1.29 is 9.90 Å². The van der Waals surface area contributed by atoms with Gasteiger partial charge in [0.2, 0.25) is 0 Å². The Labute approximate surface area is 136 Å². The molecule has 4 bridgehead atoms. The first kappa shape index (κ1) is 13.6. The molecule has 6 rings (SSSR count). The van der Waals surface area contributed by atoms with Crippen LogP contribution in [0.3, 0.4) is 0 Å². The van der Waals surface area contributed by atoms with Gasteiger partial charge < -0.3 is 5.11 Å². The van der Waals surface area contributed by atoms with Gasteiger partial charge in [0.1, 0.15) is 0 Å². The molecule has 0 aliphatic heterocycles. The SMILES string of the molecule is O=C(O)C12CC3CC(C1)CC(c1ccc4ccccc4c1)(C3)C2. The summed E-state index contributed by atoms with van der Waals surface area (Å²) in [5.74, 6) is 0.675. The van der Waals surface area contributed by atoms with Crippen molar-refractivity contribution in [3.8, 4) is 0 Å². The Balaban J connectivity index is 1.64. The number of carboxylic acids is 1. The number of benzene rings is 2. The zero-order chi connectivity index (χ0) is 15.7.